The van der Waals surface area contributed by atoms with E-state index in [1.165, 1.54) is 6.42 Å². The van der Waals surface area contributed by atoms with Crippen LogP contribution in [0.1, 0.15) is 36.2 Å². The Hall–Kier alpha value is -2.30. The molecule has 5 nitrogen and oxygen atoms in total. The maximum atomic E-state index is 13.1. The molecule has 2 aliphatic heterocycles. The third-order valence-corrected chi connectivity index (χ3v) is 5.32. The summed E-state index contributed by atoms with van der Waals surface area (Å²) in [6.45, 7) is 5.67. The minimum absolute atomic E-state index is 0.127. The Bertz CT molecular complexity index is 758. The van der Waals surface area contributed by atoms with Gasteiger partial charge in [0.1, 0.15) is 5.75 Å². The van der Waals surface area contributed by atoms with Crippen molar-refractivity contribution in [2.45, 2.75) is 58.2 Å². The molecule has 4 rings (SSSR count). The van der Waals surface area contributed by atoms with Crippen molar-refractivity contribution in [2.24, 2.45) is 0 Å². The van der Waals surface area contributed by atoms with Crippen molar-refractivity contribution in [3.05, 3.63) is 47.3 Å². The number of ether oxygens (including phenoxy) is 1. The summed E-state index contributed by atoms with van der Waals surface area (Å²) in [7, 11) is 0. The van der Waals surface area contributed by atoms with Crippen LogP contribution >= 0.6 is 0 Å². The number of aryl methyl sites for hydroxylation is 2. The fourth-order valence-corrected chi connectivity index (χ4v) is 4.04. The fourth-order valence-electron chi connectivity index (χ4n) is 4.04. The van der Waals surface area contributed by atoms with Crippen LogP contribution < -0.4 is 4.74 Å². The number of likely N-dealkylation sites (tertiary alicyclic amines) is 1. The molecule has 0 spiro atoms. The number of para-hydroxylation sites is 1. The lowest BCUT2D eigenvalue weighted by Crippen LogP contribution is -2.51. The monoisotopic (exact) mass is 339 g/mol. The number of carbonyl (C=O) groups excluding carboxylic acids is 1. The van der Waals surface area contributed by atoms with Gasteiger partial charge < -0.3 is 9.64 Å². The molecule has 1 fully saturated rings. The lowest BCUT2D eigenvalue weighted by molar-refractivity contribution is -0.142. The van der Waals surface area contributed by atoms with E-state index in [0.717, 1.165) is 48.6 Å². The van der Waals surface area contributed by atoms with E-state index < -0.39 is 0 Å². The van der Waals surface area contributed by atoms with Crippen LogP contribution in [0.3, 0.4) is 0 Å². The third kappa shape index (κ3) is 3.15. The van der Waals surface area contributed by atoms with Gasteiger partial charge in [0.15, 0.2) is 6.10 Å². The normalized spacial score (nSPS) is 22.6. The predicted molar refractivity (Wildman–Crippen MR) is 95.6 cm³/mol. The largest absolute Gasteiger partial charge is 0.480 e. The van der Waals surface area contributed by atoms with Gasteiger partial charge in [-0.25, -0.2) is 0 Å². The van der Waals surface area contributed by atoms with E-state index >= 15 is 0 Å². The summed E-state index contributed by atoms with van der Waals surface area (Å²) in [5.74, 6) is 0.982. The first-order valence-electron chi connectivity index (χ1n) is 9.18. The zero-order chi connectivity index (χ0) is 17.4. The molecule has 2 atom stereocenters. The first kappa shape index (κ1) is 16.2. The van der Waals surface area contributed by atoms with E-state index in [4.69, 9.17) is 4.74 Å². The second kappa shape index (κ2) is 6.54. The van der Waals surface area contributed by atoms with Crippen molar-refractivity contribution >= 4 is 5.91 Å². The number of amides is 1. The van der Waals surface area contributed by atoms with Gasteiger partial charge in [0, 0.05) is 18.7 Å². The molecule has 5 heteroatoms. The molecule has 1 amide bonds. The van der Waals surface area contributed by atoms with Gasteiger partial charge in [0.25, 0.3) is 5.91 Å². The van der Waals surface area contributed by atoms with Crippen molar-refractivity contribution < 1.29 is 9.53 Å². The molecule has 0 saturated carbocycles. The standard InChI is InChI=1S/C20H25N3O2/c1-14-11-15(2)23(21-14)13-17-8-5-6-10-22(17)20(24)19-12-16-7-3-4-9-18(16)25-19/h3-4,7,9,11,17,19H,5-6,8,10,12-13H2,1-2H3. The van der Waals surface area contributed by atoms with E-state index in [-0.39, 0.29) is 18.1 Å². The van der Waals surface area contributed by atoms with Crippen molar-refractivity contribution in [3.63, 3.8) is 0 Å². The Morgan fingerprint density at radius 1 is 1.28 bits per heavy atom. The van der Waals surface area contributed by atoms with E-state index in [2.05, 4.69) is 18.1 Å². The van der Waals surface area contributed by atoms with Gasteiger partial charge in [0.05, 0.1) is 18.3 Å². The van der Waals surface area contributed by atoms with Gasteiger partial charge in [-0.2, -0.15) is 5.10 Å². The van der Waals surface area contributed by atoms with Gasteiger partial charge in [-0.1, -0.05) is 18.2 Å². The molecular weight excluding hydrogens is 314 g/mol. The van der Waals surface area contributed by atoms with E-state index in [9.17, 15) is 4.79 Å². The maximum absolute atomic E-state index is 13.1. The molecule has 0 N–H and O–H groups in total. The van der Waals surface area contributed by atoms with Crippen LogP contribution in [0.15, 0.2) is 30.3 Å². The van der Waals surface area contributed by atoms with E-state index in [1.807, 2.05) is 40.8 Å². The molecule has 0 radical (unpaired) electrons. The Morgan fingerprint density at radius 3 is 2.88 bits per heavy atom. The highest BCUT2D eigenvalue weighted by Gasteiger charge is 2.36. The van der Waals surface area contributed by atoms with Crippen molar-refractivity contribution in [1.29, 1.82) is 0 Å². The first-order chi connectivity index (χ1) is 12.1. The molecular formula is C20H25N3O2. The minimum Gasteiger partial charge on any atom is -0.480 e. The van der Waals surface area contributed by atoms with Crippen LogP contribution in [0.4, 0.5) is 0 Å². The van der Waals surface area contributed by atoms with Crippen LogP contribution in [0, 0.1) is 13.8 Å². The third-order valence-electron chi connectivity index (χ3n) is 5.32. The number of nitrogens with zero attached hydrogens (tertiary/aromatic N) is 3. The smallest absolute Gasteiger partial charge is 0.264 e. The van der Waals surface area contributed by atoms with Gasteiger partial charge >= 0.3 is 0 Å². The number of fused-ring (bicyclic) bond motifs is 1. The number of rotatable bonds is 3. The van der Waals surface area contributed by atoms with Crippen LogP contribution in [-0.2, 0) is 17.8 Å². The van der Waals surface area contributed by atoms with Crippen molar-refractivity contribution in [2.75, 3.05) is 6.54 Å². The molecule has 0 aliphatic carbocycles. The Morgan fingerprint density at radius 2 is 2.12 bits per heavy atom. The summed E-state index contributed by atoms with van der Waals surface area (Å²) in [5.41, 5.74) is 3.31. The Kier molecular flexibility index (Phi) is 4.24. The minimum atomic E-state index is -0.376. The SMILES string of the molecule is Cc1cc(C)n(CC2CCCCN2C(=O)C2Cc3ccccc3O2)n1. The molecule has 1 aromatic carbocycles. The first-order valence-corrected chi connectivity index (χ1v) is 9.18. The highest BCUT2D eigenvalue weighted by molar-refractivity contribution is 5.83. The van der Waals surface area contributed by atoms with Gasteiger partial charge in [-0.05, 0) is 50.8 Å². The van der Waals surface area contributed by atoms with Crippen LogP contribution in [0.2, 0.25) is 0 Å². The topological polar surface area (TPSA) is 47.4 Å². The Balaban J connectivity index is 1.49. The van der Waals surface area contributed by atoms with Crippen LogP contribution in [0.5, 0.6) is 5.75 Å². The summed E-state index contributed by atoms with van der Waals surface area (Å²) in [5, 5.41) is 4.58. The molecule has 132 valence electrons. The molecule has 1 aromatic heterocycles. The summed E-state index contributed by atoms with van der Waals surface area (Å²) in [6, 6.07) is 10.2. The zero-order valence-electron chi connectivity index (χ0n) is 14.9. The van der Waals surface area contributed by atoms with E-state index in [1.54, 1.807) is 0 Å². The number of carbonyl (C=O) groups is 1. The number of benzene rings is 1. The summed E-state index contributed by atoms with van der Waals surface area (Å²) >= 11 is 0. The molecule has 2 unspecified atom stereocenters. The number of hydrogen-bond donors (Lipinski definition) is 0. The van der Waals surface area contributed by atoms with Crippen molar-refractivity contribution in [1.82, 2.24) is 14.7 Å². The van der Waals surface area contributed by atoms with Crippen LogP contribution in [-0.4, -0.2) is 39.3 Å². The van der Waals surface area contributed by atoms with E-state index in [0.29, 0.717) is 6.42 Å². The lowest BCUT2D eigenvalue weighted by atomic mass is 10.00. The summed E-state index contributed by atoms with van der Waals surface area (Å²) in [4.78, 5) is 15.2. The molecule has 2 aliphatic rings. The lowest BCUT2D eigenvalue weighted by Gasteiger charge is -2.37. The second-order valence-corrected chi connectivity index (χ2v) is 7.21. The number of piperidine rings is 1. The predicted octanol–water partition coefficient (Wildman–Crippen LogP) is 2.88. The van der Waals surface area contributed by atoms with Gasteiger partial charge in [-0.15, -0.1) is 0 Å². The molecule has 25 heavy (non-hydrogen) atoms. The zero-order valence-corrected chi connectivity index (χ0v) is 14.9. The van der Waals surface area contributed by atoms with Crippen molar-refractivity contribution in [3.8, 4) is 5.75 Å². The number of hydrogen-bond acceptors (Lipinski definition) is 3. The van der Waals surface area contributed by atoms with Crippen LogP contribution in [0.25, 0.3) is 0 Å². The Labute approximate surface area is 148 Å². The molecule has 3 heterocycles. The quantitative estimate of drug-likeness (QED) is 0.864. The van der Waals surface area contributed by atoms with Gasteiger partial charge in [0.2, 0.25) is 0 Å². The molecule has 1 saturated heterocycles. The summed E-state index contributed by atoms with van der Waals surface area (Å²) < 4.78 is 7.97. The average Bonchev–Trinajstić information content (AvgIpc) is 3.17. The second-order valence-electron chi connectivity index (χ2n) is 7.21. The summed E-state index contributed by atoms with van der Waals surface area (Å²) in [6.07, 6.45) is 3.57. The number of aromatic nitrogens is 2. The van der Waals surface area contributed by atoms with Gasteiger partial charge in [-0.3, -0.25) is 9.48 Å². The highest BCUT2D eigenvalue weighted by atomic mass is 16.5. The highest BCUT2D eigenvalue weighted by Crippen LogP contribution is 2.30. The maximum Gasteiger partial charge on any atom is 0.264 e. The fraction of sp³-hybridized carbons (Fsp3) is 0.500. The molecule has 2 aromatic rings. The average molecular weight is 339 g/mol. The molecule has 0 bridgehead atoms.